The number of piperidine rings is 1. The Hall–Kier alpha value is -3.39. The molecule has 5 rings (SSSR count). The number of nitrogens with zero attached hydrogens (tertiary/aromatic N) is 4. The first kappa shape index (κ1) is 21.5. The lowest BCUT2D eigenvalue weighted by atomic mass is 9.95. The van der Waals surface area contributed by atoms with Crippen molar-refractivity contribution in [3.63, 3.8) is 0 Å². The number of imidazole rings is 1. The average Bonchev–Trinajstić information content (AvgIpc) is 3.53. The van der Waals surface area contributed by atoms with Crippen LogP contribution in [0.1, 0.15) is 46.5 Å². The van der Waals surface area contributed by atoms with Gasteiger partial charge in [0.15, 0.2) is 5.69 Å². The molecule has 0 N–H and O–H groups in total. The molecule has 0 unspecified atom stereocenters. The van der Waals surface area contributed by atoms with Crippen molar-refractivity contribution in [1.82, 2.24) is 19.4 Å². The molecule has 33 heavy (non-hydrogen) atoms. The first-order valence-electron chi connectivity index (χ1n) is 11.4. The molecule has 0 aliphatic carbocycles. The van der Waals surface area contributed by atoms with Crippen LogP contribution in [0, 0.1) is 5.92 Å². The van der Waals surface area contributed by atoms with Crippen molar-refractivity contribution in [3.8, 4) is 0 Å². The van der Waals surface area contributed by atoms with Crippen molar-refractivity contribution in [2.75, 3.05) is 20.1 Å². The molecule has 1 fully saturated rings. The number of fused-ring (bicyclic) bond motifs is 1. The Balaban J connectivity index is 1.18. The van der Waals surface area contributed by atoms with Gasteiger partial charge >= 0.3 is 0 Å². The summed E-state index contributed by atoms with van der Waals surface area (Å²) >= 11 is 0. The molecule has 2 aliphatic heterocycles. The molecule has 2 aliphatic rings. The van der Waals surface area contributed by atoms with E-state index in [9.17, 15) is 9.59 Å². The summed E-state index contributed by atoms with van der Waals surface area (Å²) in [6.45, 7) is 2.54. The minimum Gasteiger partial charge on any atom is -0.467 e. The highest BCUT2D eigenvalue weighted by Gasteiger charge is 2.33. The summed E-state index contributed by atoms with van der Waals surface area (Å²) in [5.41, 5.74) is 2.40. The van der Waals surface area contributed by atoms with Crippen LogP contribution >= 0.6 is 0 Å². The van der Waals surface area contributed by atoms with Crippen LogP contribution in [0.15, 0.2) is 59.5 Å². The number of amides is 2. The van der Waals surface area contributed by atoms with E-state index >= 15 is 0 Å². The summed E-state index contributed by atoms with van der Waals surface area (Å²) in [7, 11) is 1.79. The van der Waals surface area contributed by atoms with Crippen LogP contribution in [-0.4, -0.2) is 51.3 Å². The molecule has 0 bridgehead atoms. The maximum Gasteiger partial charge on any atom is 0.274 e. The second kappa shape index (κ2) is 9.23. The van der Waals surface area contributed by atoms with Gasteiger partial charge in [-0.2, -0.15) is 0 Å². The monoisotopic (exact) mass is 448 g/mol. The first-order chi connectivity index (χ1) is 16.1. The van der Waals surface area contributed by atoms with Crippen molar-refractivity contribution in [2.24, 2.45) is 5.92 Å². The second-order valence-corrected chi connectivity index (χ2v) is 8.74. The van der Waals surface area contributed by atoms with Crippen molar-refractivity contribution < 1.29 is 18.7 Å². The number of likely N-dealkylation sites (tertiary alicyclic amines) is 1. The van der Waals surface area contributed by atoms with Gasteiger partial charge in [-0.3, -0.25) is 9.59 Å². The number of carbonyl (C=O) groups excluding carboxylic acids is 2. The van der Waals surface area contributed by atoms with E-state index in [1.54, 1.807) is 24.5 Å². The molecule has 0 radical (unpaired) electrons. The van der Waals surface area contributed by atoms with E-state index in [1.807, 2.05) is 39.8 Å². The predicted octanol–water partition coefficient (Wildman–Crippen LogP) is 3.26. The Morgan fingerprint density at radius 3 is 2.64 bits per heavy atom. The van der Waals surface area contributed by atoms with Crippen molar-refractivity contribution in [1.29, 1.82) is 0 Å². The zero-order valence-electron chi connectivity index (χ0n) is 18.7. The Morgan fingerprint density at radius 1 is 1.12 bits per heavy atom. The van der Waals surface area contributed by atoms with Crippen LogP contribution in [0.5, 0.6) is 0 Å². The topological polar surface area (TPSA) is 80.8 Å². The Morgan fingerprint density at radius 2 is 1.91 bits per heavy atom. The van der Waals surface area contributed by atoms with Gasteiger partial charge in [0.2, 0.25) is 5.91 Å². The van der Waals surface area contributed by atoms with E-state index in [1.165, 1.54) is 0 Å². The number of rotatable bonds is 5. The molecule has 2 aromatic heterocycles. The third-order valence-corrected chi connectivity index (χ3v) is 6.58. The summed E-state index contributed by atoms with van der Waals surface area (Å²) in [6.07, 6.45) is 4.60. The molecule has 3 aromatic rings. The maximum absolute atomic E-state index is 13.2. The minimum atomic E-state index is -0.0834. The highest BCUT2D eigenvalue weighted by Crippen LogP contribution is 2.29. The van der Waals surface area contributed by atoms with Crippen molar-refractivity contribution >= 4 is 11.8 Å². The lowest BCUT2D eigenvalue weighted by Gasteiger charge is -2.33. The van der Waals surface area contributed by atoms with Gasteiger partial charge < -0.3 is 23.5 Å². The van der Waals surface area contributed by atoms with Gasteiger partial charge in [0.1, 0.15) is 11.9 Å². The predicted molar refractivity (Wildman–Crippen MR) is 120 cm³/mol. The molecule has 1 aromatic carbocycles. The molecule has 1 saturated heterocycles. The zero-order valence-corrected chi connectivity index (χ0v) is 18.7. The average molecular weight is 449 g/mol. The van der Waals surface area contributed by atoms with Crippen molar-refractivity contribution in [3.05, 3.63) is 77.8 Å². The van der Waals surface area contributed by atoms with E-state index < -0.39 is 0 Å². The van der Waals surface area contributed by atoms with E-state index in [2.05, 4.69) is 17.1 Å². The lowest BCUT2D eigenvalue weighted by Crippen LogP contribution is -2.43. The molecule has 4 heterocycles. The van der Waals surface area contributed by atoms with E-state index in [4.69, 9.17) is 9.15 Å². The van der Waals surface area contributed by atoms with Crippen LogP contribution in [0.3, 0.4) is 0 Å². The number of aromatic nitrogens is 2. The Kier molecular flexibility index (Phi) is 6.00. The highest BCUT2D eigenvalue weighted by atomic mass is 16.5. The third kappa shape index (κ3) is 4.43. The van der Waals surface area contributed by atoms with Crippen LogP contribution in [-0.2, 0) is 29.2 Å². The summed E-state index contributed by atoms with van der Waals surface area (Å²) in [4.78, 5) is 34.0. The quantitative estimate of drug-likeness (QED) is 0.599. The highest BCUT2D eigenvalue weighted by molar-refractivity contribution is 5.93. The fraction of sp³-hybridized carbons (Fsp3) is 0.400. The van der Waals surface area contributed by atoms with Gasteiger partial charge in [-0.15, -0.1) is 0 Å². The minimum absolute atomic E-state index is 0.0456. The molecule has 0 spiro atoms. The van der Waals surface area contributed by atoms with Crippen LogP contribution in [0.2, 0.25) is 0 Å². The van der Waals surface area contributed by atoms with Gasteiger partial charge in [-0.25, -0.2) is 4.98 Å². The Labute approximate surface area is 192 Å². The largest absolute Gasteiger partial charge is 0.467 e. The first-order valence-corrected chi connectivity index (χ1v) is 11.4. The molecule has 1 atom stereocenters. The van der Waals surface area contributed by atoms with Gasteiger partial charge in [-0.1, -0.05) is 30.3 Å². The zero-order chi connectivity index (χ0) is 22.8. The molecule has 0 saturated carbocycles. The molecule has 2 amide bonds. The van der Waals surface area contributed by atoms with Gasteiger partial charge in [0.25, 0.3) is 5.91 Å². The number of hydrogen-bond donors (Lipinski definition) is 0. The van der Waals surface area contributed by atoms with Crippen molar-refractivity contribution in [2.45, 2.75) is 38.6 Å². The van der Waals surface area contributed by atoms with Crippen LogP contribution in [0.4, 0.5) is 0 Å². The fourth-order valence-corrected chi connectivity index (χ4v) is 4.68. The standard InChI is InChI=1S/C25H28N4O4/c1-27(14-20-8-5-13-32-20)24(30)19-9-11-28(12-10-19)25(31)23-21-16-33-22(15-29(21)17-26-23)18-6-3-2-4-7-18/h2-8,13,17,19,22H,9-12,14-16H2,1H3/t22-/m0/s1. The molecular weight excluding hydrogens is 420 g/mol. The normalized spacial score (nSPS) is 18.7. The molecule has 172 valence electrons. The number of carbonyl (C=O) groups is 2. The summed E-state index contributed by atoms with van der Waals surface area (Å²) in [5, 5.41) is 0. The van der Waals surface area contributed by atoms with Crippen LogP contribution in [0.25, 0.3) is 0 Å². The van der Waals surface area contributed by atoms with E-state index in [0.717, 1.165) is 17.0 Å². The smallest absolute Gasteiger partial charge is 0.274 e. The van der Waals surface area contributed by atoms with Gasteiger partial charge in [-0.05, 0) is 30.5 Å². The Bertz CT molecular complexity index is 1100. The SMILES string of the molecule is CN(Cc1ccco1)C(=O)C1CCN(C(=O)c2ncn3c2CO[C@H](c2ccccc2)C3)CC1. The van der Waals surface area contributed by atoms with Crippen LogP contribution < -0.4 is 0 Å². The molecule has 8 heteroatoms. The van der Waals surface area contributed by atoms with Gasteiger partial charge in [0, 0.05) is 26.1 Å². The third-order valence-electron chi connectivity index (χ3n) is 6.58. The number of hydrogen-bond acceptors (Lipinski definition) is 5. The number of ether oxygens (including phenoxy) is 1. The maximum atomic E-state index is 13.2. The van der Waals surface area contributed by atoms with E-state index in [0.29, 0.717) is 51.3 Å². The fourth-order valence-electron chi connectivity index (χ4n) is 4.68. The summed E-state index contributed by atoms with van der Waals surface area (Å²) in [6, 6.07) is 13.8. The molecule has 8 nitrogen and oxygen atoms in total. The number of benzene rings is 1. The lowest BCUT2D eigenvalue weighted by molar-refractivity contribution is -0.136. The second-order valence-electron chi connectivity index (χ2n) is 8.74. The number of furan rings is 1. The van der Waals surface area contributed by atoms with E-state index in [-0.39, 0.29) is 23.8 Å². The summed E-state index contributed by atoms with van der Waals surface area (Å²) in [5.74, 6) is 0.693. The summed E-state index contributed by atoms with van der Waals surface area (Å²) < 4.78 is 13.4. The molecular formula is C25H28N4O4. The van der Waals surface area contributed by atoms with Gasteiger partial charge in [0.05, 0.1) is 38.0 Å².